The number of aromatic nitrogens is 2. The van der Waals surface area contributed by atoms with E-state index < -0.39 is 6.36 Å². The minimum atomic E-state index is -4.68. The number of aryl methyl sites for hydroxylation is 1. The molecule has 0 amide bonds. The molecule has 1 atom stereocenters. The highest BCUT2D eigenvalue weighted by Gasteiger charge is 2.31. The lowest BCUT2D eigenvalue weighted by Gasteiger charge is -2.31. The molecular weight excluding hydrogens is 327 g/mol. The summed E-state index contributed by atoms with van der Waals surface area (Å²) in [4.78, 5) is 6.29. The van der Waals surface area contributed by atoms with E-state index in [1.807, 2.05) is 0 Å². The number of hydrogen-bond acceptors (Lipinski definition) is 6. The van der Waals surface area contributed by atoms with Crippen molar-refractivity contribution >= 4 is 0 Å². The maximum Gasteiger partial charge on any atom is 0.573 e. The summed E-state index contributed by atoms with van der Waals surface area (Å²) >= 11 is 0. The summed E-state index contributed by atoms with van der Waals surface area (Å²) in [6.45, 7) is 4.12. The van der Waals surface area contributed by atoms with E-state index in [2.05, 4.69) is 19.8 Å². The van der Waals surface area contributed by atoms with Crippen molar-refractivity contribution in [2.75, 3.05) is 19.7 Å². The number of alkyl halides is 3. The molecule has 0 spiro atoms. The Hall–Kier alpha value is -2.13. The second kappa shape index (κ2) is 6.78. The molecule has 24 heavy (non-hydrogen) atoms. The maximum atomic E-state index is 12.2. The molecule has 0 bridgehead atoms. The summed E-state index contributed by atoms with van der Waals surface area (Å²) in [5.74, 6) is 0.755. The lowest BCUT2D eigenvalue weighted by Crippen LogP contribution is -2.38. The van der Waals surface area contributed by atoms with Crippen molar-refractivity contribution in [3.63, 3.8) is 0 Å². The first-order valence-electron chi connectivity index (χ1n) is 7.38. The van der Waals surface area contributed by atoms with Gasteiger partial charge >= 0.3 is 6.36 Å². The van der Waals surface area contributed by atoms with Crippen LogP contribution in [0.2, 0.25) is 0 Å². The topological polar surface area (TPSA) is 60.6 Å². The Kier molecular flexibility index (Phi) is 4.72. The Balaban J connectivity index is 1.59. The predicted molar refractivity (Wildman–Crippen MR) is 76.1 cm³/mol. The van der Waals surface area contributed by atoms with Crippen molar-refractivity contribution in [2.24, 2.45) is 0 Å². The Bertz CT molecular complexity index is 673. The van der Waals surface area contributed by atoms with Crippen LogP contribution in [0.15, 0.2) is 28.8 Å². The van der Waals surface area contributed by atoms with E-state index in [9.17, 15) is 13.2 Å². The van der Waals surface area contributed by atoms with E-state index in [-0.39, 0.29) is 11.9 Å². The third-order valence-electron chi connectivity index (χ3n) is 3.54. The van der Waals surface area contributed by atoms with Crippen LogP contribution in [-0.2, 0) is 11.3 Å². The third-order valence-corrected chi connectivity index (χ3v) is 3.54. The van der Waals surface area contributed by atoms with Gasteiger partial charge in [-0.05, 0) is 17.7 Å². The van der Waals surface area contributed by atoms with Crippen LogP contribution in [0.4, 0.5) is 13.2 Å². The molecule has 1 aliphatic heterocycles. The highest BCUT2D eigenvalue weighted by atomic mass is 19.4. The first kappa shape index (κ1) is 16.7. The predicted octanol–water partition coefficient (Wildman–Crippen LogP) is 2.85. The number of ether oxygens (including phenoxy) is 2. The van der Waals surface area contributed by atoms with Crippen molar-refractivity contribution in [1.82, 2.24) is 15.0 Å². The van der Waals surface area contributed by atoms with Crippen molar-refractivity contribution in [3.8, 4) is 5.75 Å². The smallest absolute Gasteiger partial charge is 0.406 e. The summed E-state index contributed by atoms with van der Waals surface area (Å²) in [7, 11) is 0. The molecule has 9 heteroatoms. The average Bonchev–Trinajstić information content (AvgIpc) is 2.95. The molecule has 2 aromatic rings. The van der Waals surface area contributed by atoms with Crippen LogP contribution in [0, 0.1) is 6.92 Å². The number of nitrogens with zero attached hydrogens (tertiary/aromatic N) is 3. The molecular formula is C15H16F3N3O3. The molecule has 1 aromatic heterocycles. The van der Waals surface area contributed by atoms with Crippen molar-refractivity contribution in [3.05, 3.63) is 41.5 Å². The number of hydrogen-bond donors (Lipinski definition) is 0. The molecule has 1 aliphatic rings. The van der Waals surface area contributed by atoms with Gasteiger partial charge in [0.15, 0.2) is 0 Å². The van der Waals surface area contributed by atoms with Gasteiger partial charge in [-0.3, -0.25) is 4.90 Å². The second-order valence-electron chi connectivity index (χ2n) is 5.46. The van der Waals surface area contributed by atoms with Gasteiger partial charge in [-0.1, -0.05) is 17.3 Å². The van der Waals surface area contributed by atoms with Crippen LogP contribution in [0.25, 0.3) is 0 Å². The largest absolute Gasteiger partial charge is 0.573 e. The van der Waals surface area contributed by atoms with Gasteiger partial charge in [-0.2, -0.15) is 4.98 Å². The highest BCUT2D eigenvalue weighted by Crippen LogP contribution is 2.24. The van der Waals surface area contributed by atoms with Gasteiger partial charge in [-0.15, -0.1) is 13.2 Å². The van der Waals surface area contributed by atoms with E-state index in [0.717, 1.165) is 5.56 Å². The number of halogens is 3. The van der Waals surface area contributed by atoms with Crippen molar-refractivity contribution < 1.29 is 27.2 Å². The maximum absolute atomic E-state index is 12.2. The second-order valence-corrected chi connectivity index (χ2v) is 5.46. The van der Waals surface area contributed by atoms with E-state index >= 15 is 0 Å². The van der Waals surface area contributed by atoms with Crippen LogP contribution in [0.1, 0.15) is 23.4 Å². The Morgan fingerprint density at radius 2 is 2.04 bits per heavy atom. The first-order chi connectivity index (χ1) is 11.4. The Morgan fingerprint density at radius 3 is 2.67 bits per heavy atom. The molecule has 0 N–H and O–H groups in total. The van der Waals surface area contributed by atoms with E-state index in [0.29, 0.717) is 38.0 Å². The monoisotopic (exact) mass is 343 g/mol. The van der Waals surface area contributed by atoms with Gasteiger partial charge in [0, 0.05) is 26.6 Å². The van der Waals surface area contributed by atoms with Crippen LogP contribution in [-0.4, -0.2) is 41.1 Å². The highest BCUT2D eigenvalue weighted by molar-refractivity contribution is 5.27. The molecule has 2 heterocycles. The summed E-state index contributed by atoms with van der Waals surface area (Å²) < 4.78 is 50.9. The summed E-state index contributed by atoms with van der Waals surface area (Å²) in [5, 5.41) is 3.87. The molecule has 0 unspecified atom stereocenters. The van der Waals surface area contributed by atoms with Gasteiger partial charge in [0.05, 0.1) is 6.61 Å². The quantitative estimate of drug-likeness (QED) is 0.851. The van der Waals surface area contributed by atoms with Gasteiger partial charge < -0.3 is 14.0 Å². The van der Waals surface area contributed by atoms with Crippen LogP contribution >= 0.6 is 0 Å². The average molecular weight is 343 g/mol. The zero-order chi connectivity index (χ0) is 17.2. The Labute approximate surface area is 136 Å². The lowest BCUT2D eigenvalue weighted by atomic mass is 10.1. The van der Waals surface area contributed by atoms with Crippen LogP contribution in [0.3, 0.4) is 0 Å². The van der Waals surface area contributed by atoms with E-state index in [1.165, 1.54) is 12.1 Å². The lowest BCUT2D eigenvalue weighted by molar-refractivity contribution is -0.274. The first-order valence-corrected chi connectivity index (χ1v) is 7.38. The summed E-state index contributed by atoms with van der Waals surface area (Å²) in [5.41, 5.74) is 0.884. The molecule has 1 fully saturated rings. The molecule has 0 saturated carbocycles. The van der Waals surface area contributed by atoms with Crippen molar-refractivity contribution in [2.45, 2.75) is 25.9 Å². The SMILES string of the molecule is Cc1nc([C@@H]2CN(Cc3ccc(OC(F)(F)F)cc3)CCO2)no1. The molecule has 3 rings (SSSR count). The van der Waals surface area contributed by atoms with Crippen LogP contribution < -0.4 is 4.74 Å². The van der Waals surface area contributed by atoms with Gasteiger partial charge in [-0.25, -0.2) is 0 Å². The zero-order valence-electron chi connectivity index (χ0n) is 12.9. The van der Waals surface area contributed by atoms with E-state index in [4.69, 9.17) is 9.26 Å². The van der Waals surface area contributed by atoms with E-state index in [1.54, 1.807) is 19.1 Å². The minimum absolute atomic E-state index is 0.228. The van der Waals surface area contributed by atoms with Crippen molar-refractivity contribution in [1.29, 1.82) is 0 Å². The number of benzene rings is 1. The number of rotatable bonds is 4. The molecule has 1 aromatic carbocycles. The van der Waals surface area contributed by atoms with Gasteiger partial charge in [0.25, 0.3) is 0 Å². The Morgan fingerprint density at radius 1 is 1.29 bits per heavy atom. The molecule has 0 aliphatic carbocycles. The van der Waals surface area contributed by atoms with Crippen LogP contribution in [0.5, 0.6) is 5.75 Å². The fourth-order valence-electron chi connectivity index (χ4n) is 2.50. The number of morpholine rings is 1. The van der Waals surface area contributed by atoms with Gasteiger partial charge in [0.1, 0.15) is 11.9 Å². The fourth-order valence-corrected chi connectivity index (χ4v) is 2.50. The molecule has 130 valence electrons. The molecule has 6 nitrogen and oxygen atoms in total. The zero-order valence-corrected chi connectivity index (χ0v) is 12.9. The minimum Gasteiger partial charge on any atom is -0.406 e. The molecule has 0 radical (unpaired) electrons. The normalized spacial score (nSPS) is 19.4. The summed E-state index contributed by atoms with van der Waals surface area (Å²) in [6.07, 6.45) is -4.95. The standard InChI is InChI=1S/C15H16F3N3O3/c1-10-19-14(20-24-10)13-9-21(6-7-22-13)8-11-2-4-12(5-3-11)23-15(16,17)18/h2-5,13H,6-9H2,1H3/t13-/m0/s1. The fraction of sp³-hybridized carbons (Fsp3) is 0.467. The third kappa shape index (κ3) is 4.45. The van der Waals surface area contributed by atoms with Gasteiger partial charge in [0.2, 0.25) is 11.7 Å². The molecule has 1 saturated heterocycles. The summed E-state index contributed by atoms with van der Waals surface area (Å²) in [6, 6.07) is 5.85.